The Hall–Kier alpha value is -1.90. The van der Waals surface area contributed by atoms with Gasteiger partial charge in [0.25, 0.3) is 0 Å². The van der Waals surface area contributed by atoms with Gasteiger partial charge < -0.3 is 5.73 Å². The van der Waals surface area contributed by atoms with E-state index < -0.39 is 0 Å². The fraction of sp³-hybridized carbons (Fsp3) is 0.412. The van der Waals surface area contributed by atoms with Gasteiger partial charge in [-0.1, -0.05) is 45.9 Å². The van der Waals surface area contributed by atoms with Crippen molar-refractivity contribution >= 4 is 5.82 Å². The second-order valence-electron chi connectivity index (χ2n) is 6.21. The zero-order valence-corrected chi connectivity index (χ0v) is 13.0. The SMILES string of the molecule is CCc1cccc(-c2nc(C(C)(C)C)nc(N)c2C)c1. The predicted octanol–water partition coefficient (Wildman–Crippen LogP) is 3.89. The number of aryl methyl sites for hydroxylation is 1. The first kappa shape index (κ1) is 14.5. The predicted molar refractivity (Wildman–Crippen MR) is 84.7 cm³/mol. The molecule has 0 aliphatic rings. The van der Waals surface area contributed by atoms with Gasteiger partial charge in [0.2, 0.25) is 0 Å². The van der Waals surface area contributed by atoms with Gasteiger partial charge in [-0.15, -0.1) is 0 Å². The molecule has 0 fully saturated rings. The minimum absolute atomic E-state index is 0.112. The van der Waals surface area contributed by atoms with Crippen LogP contribution in [0.4, 0.5) is 5.82 Å². The Labute approximate surface area is 121 Å². The van der Waals surface area contributed by atoms with Crippen LogP contribution in [0, 0.1) is 6.92 Å². The van der Waals surface area contributed by atoms with E-state index in [0.717, 1.165) is 29.1 Å². The zero-order valence-electron chi connectivity index (χ0n) is 13.0. The number of hydrogen-bond donors (Lipinski definition) is 1. The number of hydrogen-bond acceptors (Lipinski definition) is 3. The minimum Gasteiger partial charge on any atom is -0.383 e. The second-order valence-corrected chi connectivity index (χ2v) is 6.21. The van der Waals surface area contributed by atoms with Gasteiger partial charge in [0.1, 0.15) is 11.6 Å². The molecule has 20 heavy (non-hydrogen) atoms. The van der Waals surface area contributed by atoms with E-state index in [9.17, 15) is 0 Å². The molecule has 1 aromatic heterocycles. The molecule has 0 bridgehead atoms. The van der Waals surface area contributed by atoms with Crippen LogP contribution < -0.4 is 5.73 Å². The molecule has 0 radical (unpaired) electrons. The Morgan fingerprint density at radius 3 is 2.45 bits per heavy atom. The summed E-state index contributed by atoms with van der Waals surface area (Å²) >= 11 is 0. The lowest BCUT2D eigenvalue weighted by Gasteiger charge is -2.19. The van der Waals surface area contributed by atoms with E-state index in [1.54, 1.807) is 0 Å². The molecule has 0 saturated heterocycles. The van der Waals surface area contributed by atoms with Crippen LogP contribution in [0.15, 0.2) is 24.3 Å². The number of nitrogens with two attached hydrogens (primary N) is 1. The fourth-order valence-electron chi connectivity index (χ4n) is 2.09. The normalized spacial score (nSPS) is 11.7. The average molecular weight is 269 g/mol. The molecular formula is C17H23N3. The third-order valence-electron chi connectivity index (χ3n) is 3.46. The van der Waals surface area contributed by atoms with Crippen molar-refractivity contribution < 1.29 is 0 Å². The Morgan fingerprint density at radius 2 is 1.85 bits per heavy atom. The van der Waals surface area contributed by atoms with E-state index in [1.807, 2.05) is 6.92 Å². The Bertz CT molecular complexity index is 625. The summed E-state index contributed by atoms with van der Waals surface area (Å²) in [6.07, 6.45) is 1.01. The molecule has 0 atom stereocenters. The van der Waals surface area contributed by atoms with Gasteiger partial charge in [-0.2, -0.15) is 0 Å². The first-order chi connectivity index (χ1) is 9.32. The van der Waals surface area contributed by atoms with E-state index in [2.05, 4.69) is 56.9 Å². The summed E-state index contributed by atoms with van der Waals surface area (Å²) in [5.41, 5.74) is 10.3. The first-order valence-corrected chi connectivity index (χ1v) is 7.07. The molecule has 0 spiro atoms. The van der Waals surface area contributed by atoms with Crippen molar-refractivity contribution in [2.24, 2.45) is 0 Å². The highest BCUT2D eigenvalue weighted by molar-refractivity contribution is 5.68. The average Bonchev–Trinajstić information content (AvgIpc) is 2.40. The maximum Gasteiger partial charge on any atom is 0.136 e. The van der Waals surface area contributed by atoms with E-state index in [4.69, 9.17) is 10.7 Å². The summed E-state index contributed by atoms with van der Waals surface area (Å²) < 4.78 is 0. The molecule has 3 heteroatoms. The van der Waals surface area contributed by atoms with Gasteiger partial charge in [-0.05, 0) is 25.0 Å². The van der Waals surface area contributed by atoms with E-state index >= 15 is 0 Å². The molecule has 1 heterocycles. The first-order valence-electron chi connectivity index (χ1n) is 7.07. The van der Waals surface area contributed by atoms with E-state index in [1.165, 1.54) is 5.56 Å². The highest BCUT2D eigenvalue weighted by Gasteiger charge is 2.20. The number of benzene rings is 1. The van der Waals surface area contributed by atoms with Crippen molar-refractivity contribution in [1.82, 2.24) is 9.97 Å². The molecule has 3 nitrogen and oxygen atoms in total. The standard InChI is InChI=1S/C17H23N3/c1-6-12-8-7-9-13(10-12)14-11(2)15(18)20-16(19-14)17(3,4)5/h7-10H,6H2,1-5H3,(H2,18,19,20). The highest BCUT2D eigenvalue weighted by Crippen LogP contribution is 2.28. The van der Waals surface area contributed by atoms with Crippen LogP contribution >= 0.6 is 0 Å². The van der Waals surface area contributed by atoms with Crippen LogP contribution in [-0.2, 0) is 11.8 Å². The molecule has 0 aliphatic carbocycles. The lowest BCUT2D eigenvalue weighted by atomic mass is 9.94. The van der Waals surface area contributed by atoms with Crippen LogP contribution in [0.5, 0.6) is 0 Å². The molecule has 0 unspecified atom stereocenters. The van der Waals surface area contributed by atoms with Gasteiger partial charge in [0.15, 0.2) is 0 Å². The summed E-state index contributed by atoms with van der Waals surface area (Å²) in [6.45, 7) is 10.4. The van der Waals surface area contributed by atoms with Crippen molar-refractivity contribution in [2.45, 2.75) is 46.5 Å². The van der Waals surface area contributed by atoms with Crippen molar-refractivity contribution in [2.75, 3.05) is 5.73 Å². The number of nitrogen functional groups attached to an aromatic ring is 1. The maximum atomic E-state index is 6.07. The smallest absolute Gasteiger partial charge is 0.136 e. The molecule has 0 aliphatic heterocycles. The highest BCUT2D eigenvalue weighted by atomic mass is 15.0. The Morgan fingerprint density at radius 1 is 1.15 bits per heavy atom. The van der Waals surface area contributed by atoms with Crippen molar-refractivity contribution in [3.8, 4) is 11.3 Å². The van der Waals surface area contributed by atoms with E-state index in [-0.39, 0.29) is 5.41 Å². The van der Waals surface area contributed by atoms with Crippen molar-refractivity contribution in [1.29, 1.82) is 0 Å². The molecule has 2 aromatic rings. The fourth-order valence-corrected chi connectivity index (χ4v) is 2.09. The third-order valence-corrected chi connectivity index (χ3v) is 3.46. The number of aromatic nitrogens is 2. The van der Waals surface area contributed by atoms with Gasteiger partial charge in [0.05, 0.1) is 5.69 Å². The van der Waals surface area contributed by atoms with Crippen LogP contribution in [0.3, 0.4) is 0 Å². The van der Waals surface area contributed by atoms with E-state index in [0.29, 0.717) is 5.82 Å². The topological polar surface area (TPSA) is 51.8 Å². The quantitative estimate of drug-likeness (QED) is 0.899. The van der Waals surface area contributed by atoms with Crippen LogP contribution in [0.2, 0.25) is 0 Å². The molecule has 106 valence electrons. The molecule has 0 amide bonds. The minimum atomic E-state index is -0.112. The molecular weight excluding hydrogens is 246 g/mol. The largest absolute Gasteiger partial charge is 0.383 e. The summed E-state index contributed by atoms with van der Waals surface area (Å²) in [4.78, 5) is 9.20. The molecule has 1 aromatic carbocycles. The Kier molecular flexibility index (Phi) is 3.80. The molecule has 0 saturated carbocycles. The summed E-state index contributed by atoms with van der Waals surface area (Å²) in [7, 11) is 0. The van der Waals surface area contributed by atoms with Gasteiger partial charge in [0, 0.05) is 16.5 Å². The van der Waals surface area contributed by atoms with Crippen LogP contribution in [-0.4, -0.2) is 9.97 Å². The van der Waals surface area contributed by atoms with Gasteiger partial charge in [-0.25, -0.2) is 9.97 Å². The van der Waals surface area contributed by atoms with Crippen LogP contribution in [0.1, 0.15) is 44.6 Å². The maximum absolute atomic E-state index is 6.07. The lowest BCUT2D eigenvalue weighted by molar-refractivity contribution is 0.546. The van der Waals surface area contributed by atoms with Gasteiger partial charge >= 0.3 is 0 Å². The molecule has 2 rings (SSSR count). The van der Waals surface area contributed by atoms with Crippen LogP contribution in [0.25, 0.3) is 11.3 Å². The lowest BCUT2D eigenvalue weighted by Crippen LogP contribution is -2.18. The van der Waals surface area contributed by atoms with Gasteiger partial charge in [-0.3, -0.25) is 0 Å². The summed E-state index contributed by atoms with van der Waals surface area (Å²) in [5, 5.41) is 0. The molecule has 2 N–H and O–H groups in total. The van der Waals surface area contributed by atoms with Crippen molar-refractivity contribution in [3.63, 3.8) is 0 Å². The Balaban J connectivity index is 2.63. The number of rotatable bonds is 2. The van der Waals surface area contributed by atoms with Crippen molar-refractivity contribution in [3.05, 3.63) is 41.2 Å². The number of nitrogens with zero attached hydrogens (tertiary/aromatic N) is 2. The summed E-state index contributed by atoms with van der Waals surface area (Å²) in [5.74, 6) is 1.36. The third kappa shape index (κ3) is 2.82. The monoisotopic (exact) mass is 269 g/mol. The summed E-state index contributed by atoms with van der Waals surface area (Å²) in [6, 6.07) is 8.47. The second kappa shape index (κ2) is 5.23. The zero-order chi connectivity index (χ0) is 14.9. The number of anilines is 1.